The Morgan fingerprint density at radius 3 is 2.90 bits per heavy atom. The number of halogens is 1. The van der Waals surface area contributed by atoms with Gasteiger partial charge in [0.05, 0.1) is 12.2 Å². The second kappa shape index (κ2) is 7.63. The summed E-state index contributed by atoms with van der Waals surface area (Å²) in [7, 11) is 0. The molecule has 5 nitrogen and oxygen atoms in total. The average molecular weight is 399 g/mol. The molecule has 1 saturated carbocycles. The number of aromatic nitrogens is 2. The smallest absolute Gasteiger partial charge is 0.189 e. The summed E-state index contributed by atoms with van der Waals surface area (Å²) < 4.78 is 2.00. The molecule has 2 aromatic heterocycles. The summed E-state index contributed by atoms with van der Waals surface area (Å²) in [6, 6.07) is 6.44. The molecule has 3 N–H and O–H groups in total. The second-order valence-corrected chi connectivity index (χ2v) is 5.38. The number of hydrogen-bond donors (Lipinski definition) is 2. The number of pyridine rings is 1. The first kappa shape index (κ1) is 16.1. The van der Waals surface area contributed by atoms with Crippen LogP contribution in [-0.2, 0) is 6.54 Å². The number of rotatable bonds is 3. The van der Waals surface area contributed by atoms with Crippen molar-refractivity contribution in [3.8, 4) is 0 Å². The van der Waals surface area contributed by atoms with Gasteiger partial charge < -0.3 is 15.5 Å². The van der Waals surface area contributed by atoms with E-state index in [9.17, 15) is 0 Å². The van der Waals surface area contributed by atoms with E-state index in [-0.39, 0.29) is 24.0 Å². The standard InChI is InChI=1S/C15H21N5.HI/c16-15(19-12-6-2-1-3-7-12)17-10-13-11-20-9-5-4-8-14(20)18-13;/h4-5,8-9,11-12H,1-3,6-7,10H2,(H3,16,17,19);1H. The third kappa shape index (κ3) is 4.33. The van der Waals surface area contributed by atoms with Crippen LogP contribution in [0.3, 0.4) is 0 Å². The Morgan fingerprint density at radius 1 is 1.33 bits per heavy atom. The van der Waals surface area contributed by atoms with Crippen LogP contribution in [0, 0.1) is 0 Å². The van der Waals surface area contributed by atoms with E-state index in [2.05, 4.69) is 15.3 Å². The maximum Gasteiger partial charge on any atom is 0.189 e. The van der Waals surface area contributed by atoms with Crippen molar-refractivity contribution < 1.29 is 0 Å². The largest absolute Gasteiger partial charge is 0.370 e. The fraction of sp³-hybridized carbons (Fsp3) is 0.467. The summed E-state index contributed by atoms with van der Waals surface area (Å²) in [5.74, 6) is 0.536. The number of imidazole rings is 1. The van der Waals surface area contributed by atoms with Crippen LogP contribution < -0.4 is 11.1 Å². The molecule has 2 heterocycles. The van der Waals surface area contributed by atoms with Gasteiger partial charge >= 0.3 is 0 Å². The van der Waals surface area contributed by atoms with Crippen molar-refractivity contribution in [2.75, 3.05) is 0 Å². The van der Waals surface area contributed by atoms with Crippen LogP contribution in [-0.4, -0.2) is 21.4 Å². The first-order valence-electron chi connectivity index (χ1n) is 7.30. The summed E-state index contributed by atoms with van der Waals surface area (Å²) in [5, 5.41) is 3.32. The Bertz CT molecular complexity index is 568. The van der Waals surface area contributed by atoms with E-state index in [1.54, 1.807) is 0 Å². The maximum absolute atomic E-state index is 5.95. The molecule has 1 fully saturated rings. The van der Waals surface area contributed by atoms with Crippen LogP contribution in [0.25, 0.3) is 5.65 Å². The normalized spacial score (nSPS) is 16.7. The van der Waals surface area contributed by atoms with Crippen molar-refractivity contribution >= 4 is 35.6 Å². The van der Waals surface area contributed by atoms with Gasteiger partial charge in [-0.1, -0.05) is 25.3 Å². The van der Waals surface area contributed by atoms with E-state index in [0.717, 1.165) is 11.3 Å². The third-order valence-electron chi connectivity index (χ3n) is 3.78. The molecule has 3 rings (SSSR count). The molecular formula is C15H22IN5. The van der Waals surface area contributed by atoms with E-state index in [1.165, 1.54) is 32.1 Å². The molecule has 21 heavy (non-hydrogen) atoms. The molecule has 0 aliphatic heterocycles. The number of aliphatic imine (C=N–C) groups is 1. The highest BCUT2D eigenvalue weighted by atomic mass is 127. The van der Waals surface area contributed by atoms with E-state index < -0.39 is 0 Å². The Labute approximate surface area is 142 Å². The van der Waals surface area contributed by atoms with E-state index >= 15 is 0 Å². The molecule has 0 unspecified atom stereocenters. The molecular weight excluding hydrogens is 377 g/mol. The van der Waals surface area contributed by atoms with E-state index in [1.807, 2.05) is 35.0 Å². The summed E-state index contributed by atoms with van der Waals surface area (Å²) in [6.07, 6.45) is 10.3. The summed E-state index contributed by atoms with van der Waals surface area (Å²) in [5.41, 5.74) is 7.83. The molecule has 0 bridgehead atoms. The Balaban J connectivity index is 0.00000161. The minimum atomic E-state index is 0. The molecule has 114 valence electrons. The van der Waals surface area contributed by atoms with Crippen molar-refractivity contribution in [3.63, 3.8) is 0 Å². The van der Waals surface area contributed by atoms with Crippen LogP contribution in [0.5, 0.6) is 0 Å². The first-order chi connectivity index (χ1) is 9.81. The van der Waals surface area contributed by atoms with Gasteiger partial charge in [0.15, 0.2) is 5.96 Å². The quantitative estimate of drug-likeness (QED) is 0.474. The highest BCUT2D eigenvalue weighted by molar-refractivity contribution is 14.0. The highest BCUT2D eigenvalue weighted by Gasteiger charge is 2.13. The van der Waals surface area contributed by atoms with Gasteiger partial charge in [0.1, 0.15) is 5.65 Å². The zero-order valence-corrected chi connectivity index (χ0v) is 14.4. The van der Waals surface area contributed by atoms with Gasteiger partial charge in [-0.05, 0) is 25.0 Å². The van der Waals surface area contributed by atoms with Crippen LogP contribution >= 0.6 is 24.0 Å². The second-order valence-electron chi connectivity index (χ2n) is 5.38. The van der Waals surface area contributed by atoms with Crippen LogP contribution in [0.4, 0.5) is 0 Å². The Kier molecular flexibility index (Phi) is 5.84. The van der Waals surface area contributed by atoms with Gasteiger partial charge in [-0.15, -0.1) is 24.0 Å². The Hall–Kier alpha value is -1.31. The first-order valence-corrected chi connectivity index (χ1v) is 7.30. The average Bonchev–Trinajstić information content (AvgIpc) is 2.89. The number of nitrogens with two attached hydrogens (primary N) is 1. The molecule has 1 aliphatic carbocycles. The van der Waals surface area contributed by atoms with Crippen LogP contribution in [0.15, 0.2) is 35.6 Å². The zero-order valence-electron chi connectivity index (χ0n) is 12.0. The number of nitrogens with zero attached hydrogens (tertiary/aromatic N) is 3. The third-order valence-corrected chi connectivity index (χ3v) is 3.78. The summed E-state index contributed by atoms with van der Waals surface area (Å²) in [6.45, 7) is 0.521. The predicted octanol–water partition coefficient (Wildman–Crippen LogP) is 2.69. The Morgan fingerprint density at radius 2 is 2.14 bits per heavy atom. The zero-order chi connectivity index (χ0) is 13.8. The van der Waals surface area contributed by atoms with Crippen LogP contribution in [0.1, 0.15) is 37.8 Å². The lowest BCUT2D eigenvalue weighted by Crippen LogP contribution is -2.41. The van der Waals surface area contributed by atoms with Gasteiger partial charge in [-0.25, -0.2) is 9.98 Å². The number of guanidine groups is 1. The van der Waals surface area contributed by atoms with Gasteiger partial charge in [0.25, 0.3) is 0 Å². The van der Waals surface area contributed by atoms with Gasteiger partial charge in [-0.2, -0.15) is 0 Å². The number of fused-ring (bicyclic) bond motifs is 1. The SMILES string of the molecule is I.NC(=NCc1cn2ccccc2n1)NC1CCCCC1. The van der Waals surface area contributed by atoms with Crippen molar-refractivity contribution in [2.45, 2.75) is 44.7 Å². The fourth-order valence-corrected chi connectivity index (χ4v) is 2.73. The molecule has 1 aliphatic rings. The van der Waals surface area contributed by atoms with Gasteiger partial charge in [0, 0.05) is 18.4 Å². The lowest BCUT2D eigenvalue weighted by Gasteiger charge is -2.23. The monoisotopic (exact) mass is 399 g/mol. The van der Waals surface area contributed by atoms with Crippen molar-refractivity contribution in [1.82, 2.24) is 14.7 Å². The molecule has 0 aromatic carbocycles. The van der Waals surface area contributed by atoms with Gasteiger partial charge in [0.2, 0.25) is 0 Å². The number of hydrogen-bond acceptors (Lipinski definition) is 2. The molecule has 2 aromatic rings. The highest BCUT2D eigenvalue weighted by Crippen LogP contribution is 2.17. The summed E-state index contributed by atoms with van der Waals surface area (Å²) >= 11 is 0. The van der Waals surface area contributed by atoms with Crippen molar-refractivity contribution in [1.29, 1.82) is 0 Å². The molecule has 0 atom stereocenters. The van der Waals surface area contributed by atoms with Gasteiger partial charge in [-0.3, -0.25) is 0 Å². The topological polar surface area (TPSA) is 67.7 Å². The summed E-state index contributed by atoms with van der Waals surface area (Å²) in [4.78, 5) is 8.90. The minimum Gasteiger partial charge on any atom is -0.370 e. The predicted molar refractivity (Wildman–Crippen MR) is 95.9 cm³/mol. The molecule has 6 heteroatoms. The van der Waals surface area contributed by atoms with Crippen molar-refractivity contribution in [3.05, 3.63) is 36.3 Å². The maximum atomic E-state index is 5.95. The molecule has 0 radical (unpaired) electrons. The lowest BCUT2D eigenvalue weighted by molar-refractivity contribution is 0.412. The van der Waals surface area contributed by atoms with Crippen molar-refractivity contribution in [2.24, 2.45) is 10.7 Å². The lowest BCUT2D eigenvalue weighted by atomic mass is 9.96. The van der Waals surface area contributed by atoms with Crippen LogP contribution in [0.2, 0.25) is 0 Å². The molecule has 0 spiro atoms. The minimum absolute atomic E-state index is 0. The van der Waals surface area contributed by atoms with E-state index in [4.69, 9.17) is 5.73 Å². The molecule has 0 saturated heterocycles. The number of nitrogens with one attached hydrogen (secondary N) is 1. The molecule has 0 amide bonds. The van der Waals surface area contributed by atoms with E-state index in [0.29, 0.717) is 18.5 Å². The fourth-order valence-electron chi connectivity index (χ4n) is 2.73.